The number of ether oxygens (including phenoxy) is 1. The lowest BCUT2D eigenvalue weighted by molar-refractivity contribution is 0.103. The molecule has 0 spiro atoms. The summed E-state index contributed by atoms with van der Waals surface area (Å²) in [5.41, 5.74) is 3.67. The number of rotatable bonds is 5. The Morgan fingerprint density at radius 2 is 2.06 bits per heavy atom. The van der Waals surface area contributed by atoms with E-state index in [0.717, 1.165) is 54.1 Å². The number of amides is 1. The van der Waals surface area contributed by atoms with Gasteiger partial charge in [-0.25, -0.2) is 9.97 Å². The molecule has 4 aromatic rings. The van der Waals surface area contributed by atoms with Gasteiger partial charge in [-0.05, 0) is 24.6 Å². The molecular weight excluding hydrogens is 414 g/mol. The van der Waals surface area contributed by atoms with Gasteiger partial charge in [0.25, 0.3) is 5.91 Å². The molecule has 1 amide bonds. The Morgan fingerprint density at radius 1 is 1.19 bits per heavy atom. The summed E-state index contributed by atoms with van der Waals surface area (Å²) in [7, 11) is 0. The minimum Gasteiger partial charge on any atom is -0.378 e. The van der Waals surface area contributed by atoms with Gasteiger partial charge in [-0.15, -0.1) is 0 Å². The molecule has 0 radical (unpaired) electrons. The third-order valence-corrected chi connectivity index (χ3v) is 6.07. The van der Waals surface area contributed by atoms with Crippen LogP contribution in [0.2, 0.25) is 0 Å². The molecule has 1 saturated heterocycles. The Hall–Kier alpha value is -3.50. The van der Waals surface area contributed by atoms with Crippen molar-refractivity contribution in [2.75, 3.05) is 41.8 Å². The van der Waals surface area contributed by atoms with Crippen LogP contribution in [-0.4, -0.2) is 52.4 Å². The van der Waals surface area contributed by atoms with Gasteiger partial charge in [-0.2, -0.15) is 5.10 Å². The van der Waals surface area contributed by atoms with E-state index in [1.54, 1.807) is 18.6 Å². The summed E-state index contributed by atoms with van der Waals surface area (Å²) >= 11 is 1.28. The van der Waals surface area contributed by atoms with E-state index in [4.69, 9.17) is 4.74 Å². The number of hydrogen-bond acceptors (Lipinski definition) is 8. The van der Waals surface area contributed by atoms with E-state index >= 15 is 0 Å². The van der Waals surface area contributed by atoms with Gasteiger partial charge in [-0.3, -0.25) is 9.89 Å². The predicted molar refractivity (Wildman–Crippen MR) is 121 cm³/mol. The van der Waals surface area contributed by atoms with E-state index in [1.807, 2.05) is 31.2 Å². The van der Waals surface area contributed by atoms with Crippen molar-refractivity contribution in [3.63, 3.8) is 0 Å². The summed E-state index contributed by atoms with van der Waals surface area (Å²) in [4.78, 5) is 24.3. The summed E-state index contributed by atoms with van der Waals surface area (Å²) in [6, 6.07) is 7.86. The van der Waals surface area contributed by atoms with Crippen molar-refractivity contribution >= 4 is 50.5 Å². The largest absolute Gasteiger partial charge is 0.378 e. The zero-order valence-corrected chi connectivity index (χ0v) is 17.7. The molecule has 9 nitrogen and oxygen atoms in total. The number of fused-ring (bicyclic) bond motifs is 1. The highest BCUT2D eigenvalue weighted by Crippen LogP contribution is 2.28. The van der Waals surface area contributed by atoms with Gasteiger partial charge in [0.2, 0.25) is 0 Å². The zero-order valence-electron chi connectivity index (χ0n) is 16.9. The molecule has 1 aliphatic heterocycles. The van der Waals surface area contributed by atoms with Crippen LogP contribution >= 0.6 is 11.3 Å². The van der Waals surface area contributed by atoms with Gasteiger partial charge in [0.1, 0.15) is 10.7 Å². The van der Waals surface area contributed by atoms with Gasteiger partial charge in [0.05, 0.1) is 36.8 Å². The van der Waals surface area contributed by atoms with E-state index in [9.17, 15) is 4.79 Å². The van der Waals surface area contributed by atoms with Crippen LogP contribution in [0.25, 0.3) is 10.9 Å². The first-order chi connectivity index (χ1) is 15.2. The predicted octanol–water partition coefficient (Wildman–Crippen LogP) is 3.56. The lowest BCUT2D eigenvalue weighted by Crippen LogP contribution is -2.36. The fourth-order valence-corrected chi connectivity index (χ4v) is 4.24. The Kier molecular flexibility index (Phi) is 5.23. The van der Waals surface area contributed by atoms with E-state index < -0.39 is 0 Å². The number of aryl methyl sites for hydroxylation is 1. The number of nitrogens with one attached hydrogen (secondary N) is 3. The Bertz CT molecular complexity index is 1230. The molecule has 3 N–H and O–H groups in total. The second-order valence-electron chi connectivity index (χ2n) is 7.20. The fourth-order valence-electron chi connectivity index (χ4n) is 3.52. The SMILES string of the molecule is Cc1ccc2[nH]ncc2c1NC(=O)c1cnc(Nc2cc(N3CCOCC3)ccn2)s1. The molecule has 1 fully saturated rings. The average Bonchev–Trinajstić information content (AvgIpc) is 3.46. The van der Waals surface area contributed by atoms with Crippen molar-refractivity contribution in [1.82, 2.24) is 20.2 Å². The topological polar surface area (TPSA) is 108 Å². The Morgan fingerprint density at radius 3 is 2.94 bits per heavy atom. The lowest BCUT2D eigenvalue weighted by atomic mass is 10.1. The lowest BCUT2D eigenvalue weighted by Gasteiger charge is -2.28. The third-order valence-electron chi connectivity index (χ3n) is 5.16. The number of hydrogen-bond donors (Lipinski definition) is 3. The average molecular weight is 436 g/mol. The van der Waals surface area contributed by atoms with Gasteiger partial charge in [0.15, 0.2) is 5.13 Å². The van der Waals surface area contributed by atoms with Gasteiger partial charge in [-0.1, -0.05) is 17.4 Å². The van der Waals surface area contributed by atoms with Gasteiger partial charge in [0, 0.05) is 36.4 Å². The van der Waals surface area contributed by atoms with Crippen molar-refractivity contribution in [3.8, 4) is 0 Å². The van der Waals surface area contributed by atoms with Crippen LogP contribution in [0.3, 0.4) is 0 Å². The maximum Gasteiger partial charge on any atom is 0.267 e. The number of anilines is 4. The molecule has 1 aliphatic rings. The van der Waals surface area contributed by atoms with Crippen molar-refractivity contribution < 1.29 is 9.53 Å². The van der Waals surface area contributed by atoms with Crippen LogP contribution < -0.4 is 15.5 Å². The number of aromatic nitrogens is 4. The number of pyridine rings is 1. The summed E-state index contributed by atoms with van der Waals surface area (Å²) in [5, 5.41) is 14.7. The van der Waals surface area contributed by atoms with Crippen LogP contribution in [0, 0.1) is 6.92 Å². The Balaban J connectivity index is 1.30. The first-order valence-electron chi connectivity index (χ1n) is 9.93. The van der Waals surface area contributed by atoms with Crippen LogP contribution in [0.5, 0.6) is 0 Å². The number of nitrogens with zero attached hydrogens (tertiary/aromatic N) is 4. The summed E-state index contributed by atoms with van der Waals surface area (Å²) in [5.74, 6) is 0.474. The molecule has 5 rings (SSSR count). The number of benzene rings is 1. The number of carbonyl (C=O) groups is 1. The van der Waals surface area contributed by atoms with Crippen LogP contribution in [0.1, 0.15) is 15.2 Å². The van der Waals surface area contributed by atoms with E-state index in [0.29, 0.717) is 15.8 Å². The smallest absolute Gasteiger partial charge is 0.267 e. The second-order valence-corrected chi connectivity index (χ2v) is 8.23. The standard InChI is InChI=1S/C21H21N7O2S/c1-13-2-3-16-15(11-24-27-16)19(13)26-20(29)17-12-23-21(31-17)25-18-10-14(4-5-22-18)28-6-8-30-9-7-28/h2-5,10-12H,6-9H2,1H3,(H,24,27)(H,26,29)(H,22,23,25). The maximum absolute atomic E-state index is 12.8. The fraction of sp³-hybridized carbons (Fsp3) is 0.238. The van der Waals surface area contributed by atoms with Crippen LogP contribution in [0.4, 0.5) is 22.3 Å². The quantitative estimate of drug-likeness (QED) is 0.440. The van der Waals surface area contributed by atoms with Gasteiger partial charge >= 0.3 is 0 Å². The molecule has 158 valence electrons. The third kappa shape index (κ3) is 4.07. The Labute approximate surface area is 182 Å². The van der Waals surface area contributed by atoms with E-state index in [-0.39, 0.29) is 5.91 Å². The summed E-state index contributed by atoms with van der Waals surface area (Å²) in [6.45, 7) is 5.11. The molecule has 10 heteroatoms. The van der Waals surface area contributed by atoms with Crippen molar-refractivity contribution in [3.05, 3.63) is 53.3 Å². The van der Waals surface area contributed by atoms with E-state index in [1.165, 1.54) is 11.3 Å². The number of carbonyl (C=O) groups excluding carboxylic acids is 1. The van der Waals surface area contributed by atoms with Crippen molar-refractivity contribution in [2.24, 2.45) is 0 Å². The van der Waals surface area contributed by atoms with E-state index in [2.05, 4.69) is 35.7 Å². The second kappa shape index (κ2) is 8.32. The van der Waals surface area contributed by atoms with Crippen LogP contribution in [0.15, 0.2) is 42.9 Å². The molecular formula is C21H21N7O2S. The first kappa shape index (κ1) is 19.5. The zero-order chi connectivity index (χ0) is 21.2. The summed E-state index contributed by atoms with van der Waals surface area (Å²) in [6.07, 6.45) is 5.05. The molecule has 0 atom stereocenters. The number of morpholine rings is 1. The highest BCUT2D eigenvalue weighted by atomic mass is 32.1. The molecule has 1 aromatic carbocycles. The van der Waals surface area contributed by atoms with Crippen LogP contribution in [-0.2, 0) is 4.74 Å². The maximum atomic E-state index is 12.8. The van der Waals surface area contributed by atoms with Crippen molar-refractivity contribution in [2.45, 2.75) is 6.92 Å². The normalized spacial score (nSPS) is 14.0. The summed E-state index contributed by atoms with van der Waals surface area (Å²) < 4.78 is 5.42. The number of thiazole rings is 1. The highest BCUT2D eigenvalue weighted by molar-refractivity contribution is 7.17. The van der Waals surface area contributed by atoms with Gasteiger partial charge < -0.3 is 20.3 Å². The monoisotopic (exact) mass is 435 g/mol. The number of H-pyrrole nitrogens is 1. The minimum atomic E-state index is -0.211. The molecule has 31 heavy (non-hydrogen) atoms. The van der Waals surface area contributed by atoms with Crippen molar-refractivity contribution in [1.29, 1.82) is 0 Å². The molecule has 0 unspecified atom stereocenters. The highest BCUT2D eigenvalue weighted by Gasteiger charge is 2.16. The first-order valence-corrected chi connectivity index (χ1v) is 10.7. The molecule has 0 saturated carbocycles. The molecule has 3 aromatic heterocycles. The number of aromatic amines is 1. The molecule has 0 bridgehead atoms. The minimum absolute atomic E-state index is 0.211. The molecule has 4 heterocycles. The molecule has 0 aliphatic carbocycles.